The Bertz CT molecular complexity index is 1050. The lowest BCUT2D eigenvalue weighted by molar-refractivity contribution is -0.121. The lowest BCUT2D eigenvalue weighted by atomic mass is 9.97. The molecule has 9 heteroatoms. The van der Waals surface area contributed by atoms with E-state index in [0.717, 1.165) is 11.6 Å². The quantitative estimate of drug-likeness (QED) is 0.639. The molecule has 6 nitrogen and oxygen atoms in total. The zero-order valence-corrected chi connectivity index (χ0v) is 18.0. The van der Waals surface area contributed by atoms with Crippen molar-refractivity contribution in [3.63, 3.8) is 0 Å². The van der Waals surface area contributed by atoms with Gasteiger partial charge in [-0.25, -0.2) is 9.37 Å². The molecule has 0 saturated carbocycles. The minimum absolute atomic E-state index is 0.0423. The highest BCUT2D eigenvalue weighted by Crippen LogP contribution is 2.33. The summed E-state index contributed by atoms with van der Waals surface area (Å²) in [7, 11) is 1.87. The molecule has 1 aliphatic rings. The molecule has 1 aromatic carbocycles. The van der Waals surface area contributed by atoms with Gasteiger partial charge in [0, 0.05) is 37.4 Å². The largest absolute Gasteiger partial charge is 0.337 e. The van der Waals surface area contributed by atoms with Crippen LogP contribution in [0.2, 0.25) is 0 Å². The number of likely N-dealkylation sites (tertiary alicyclic amines) is 1. The van der Waals surface area contributed by atoms with E-state index in [1.807, 2.05) is 29.3 Å². The summed E-state index contributed by atoms with van der Waals surface area (Å²) in [5.74, 6) is -1.00. The van der Waals surface area contributed by atoms with E-state index in [1.54, 1.807) is 23.2 Å². The molecule has 1 N–H and O–H groups in total. The molecule has 1 fully saturated rings. The molecule has 0 spiro atoms. The summed E-state index contributed by atoms with van der Waals surface area (Å²) in [4.78, 5) is 33.0. The zero-order chi connectivity index (χ0) is 21.1. The number of thiophene rings is 1. The lowest BCUT2D eigenvalue weighted by Crippen LogP contribution is -2.43. The molecule has 1 saturated heterocycles. The van der Waals surface area contributed by atoms with Crippen LogP contribution in [0.3, 0.4) is 0 Å². The van der Waals surface area contributed by atoms with E-state index in [-0.39, 0.29) is 17.7 Å². The second-order valence-electron chi connectivity index (χ2n) is 7.12. The average Bonchev–Trinajstić information content (AvgIpc) is 3.42. The fourth-order valence-corrected chi connectivity index (χ4v) is 4.97. The number of benzene rings is 1. The van der Waals surface area contributed by atoms with Gasteiger partial charge in [-0.15, -0.1) is 11.3 Å². The third kappa shape index (κ3) is 4.57. The topological polar surface area (TPSA) is 67.2 Å². The summed E-state index contributed by atoms with van der Waals surface area (Å²) >= 11 is 2.76. The summed E-state index contributed by atoms with van der Waals surface area (Å²) in [5.41, 5.74) is 0.412. The molecule has 3 heterocycles. The van der Waals surface area contributed by atoms with Gasteiger partial charge in [0.05, 0.1) is 16.5 Å². The Morgan fingerprint density at radius 3 is 2.93 bits per heavy atom. The Hall–Kier alpha value is -2.65. The minimum atomic E-state index is -0.423. The first-order chi connectivity index (χ1) is 14.5. The van der Waals surface area contributed by atoms with E-state index < -0.39 is 5.82 Å². The number of anilines is 1. The number of halogens is 1. The number of carbonyl (C=O) groups is 2. The number of carbonyl (C=O) groups excluding carboxylic acids is 2. The van der Waals surface area contributed by atoms with Crippen molar-refractivity contribution in [3.05, 3.63) is 58.8 Å². The number of rotatable bonds is 5. The first-order valence-electron chi connectivity index (χ1n) is 9.59. The van der Waals surface area contributed by atoms with Crippen molar-refractivity contribution in [3.8, 4) is 0 Å². The molecule has 0 radical (unpaired) electrons. The number of imidazole rings is 1. The van der Waals surface area contributed by atoms with E-state index in [0.29, 0.717) is 35.0 Å². The van der Waals surface area contributed by atoms with Crippen molar-refractivity contribution in [2.75, 3.05) is 18.4 Å². The molecule has 30 heavy (non-hydrogen) atoms. The van der Waals surface area contributed by atoms with E-state index in [9.17, 15) is 14.0 Å². The smallest absolute Gasteiger partial charge is 0.263 e. The highest BCUT2D eigenvalue weighted by atomic mass is 32.2. The Balaban J connectivity index is 1.47. The molecule has 156 valence electrons. The molecule has 1 unspecified atom stereocenters. The van der Waals surface area contributed by atoms with Crippen molar-refractivity contribution in [2.45, 2.75) is 22.9 Å². The second kappa shape index (κ2) is 9.01. The highest BCUT2D eigenvalue weighted by Gasteiger charge is 2.29. The number of nitrogens with one attached hydrogen (secondary N) is 1. The number of aryl methyl sites for hydroxylation is 1. The maximum absolute atomic E-state index is 13.9. The van der Waals surface area contributed by atoms with Crippen LogP contribution in [0.15, 0.2) is 58.2 Å². The normalized spacial score (nSPS) is 16.5. The van der Waals surface area contributed by atoms with Crippen LogP contribution in [0.5, 0.6) is 0 Å². The van der Waals surface area contributed by atoms with Crippen LogP contribution in [-0.4, -0.2) is 39.4 Å². The molecular weight excluding hydrogens is 423 g/mol. The van der Waals surface area contributed by atoms with Gasteiger partial charge in [-0.05, 0) is 54.2 Å². The SMILES string of the molecule is Cn1ccnc1Sc1ccc(F)cc1NC(=O)C1CCCN(C(=O)c2cccs2)C1. The highest BCUT2D eigenvalue weighted by molar-refractivity contribution is 7.99. The predicted octanol–water partition coefficient (Wildman–Crippen LogP) is 4.26. The van der Waals surface area contributed by atoms with Gasteiger partial charge in [-0.1, -0.05) is 6.07 Å². The number of amides is 2. The maximum atomic E-state index is 13.9. The van der Waals surface area contributed by atoms with E-state index in [4.69, 9.17) is 0 Å². The molecule has 1 atom stereocenters. The summed E-state index contributed by atoms with van der Waals surface area (Å²) in [5, 5.41) is 5.48. The number of hydrogen-bond donors (Lipinski definition) is 1. The van der Waals surface area contributed by atoms with Crippen molar-refractivity contribution < 1.29 is 14.0 Å². The van der Waals surface area contributed by atoms with Crippen molar-refractivity contribution in [1.29, 1.82) is 0 Å². The van der Waals surface area contributed by atoms with Crippen molar-refractivity contribution in [2.24, 2.45) is 13.0 Å². The minimum Gasteiger partial charge on any atom is -0.337 e. The van der Waals surface area contributed by atoms with Crippen LogP contribution in [0.1, 0.15) is 22.5 Å². The van der Waals surface area contributed by atoms with Crippen LogP contribution in [0.4, 0.5) is 10.1 Å². The van der Waals surface area contributed by atoms with Gasteiger partial charge >= 0.3 is 0 Å². The molecule has 3 aromatic rings. The van der Waals surface area contributed by atoms with Gasteiger partial charge in [-0.2, -0.15) is 0 Å². The van der Waals surface area contributed by atoms with Gasteiger partial charge in [0.15, 0.2) is 5.16 Å². The van der Waals surface area contributed by atoms with Crippen LogP contribution < -0.4 is 5.32 Å². The Morgan fingerprint density at radius 2 is 2.20 bits per heavy atom. The summed E-state index contributed by atoms with van der Waals surface area (Å²) < 4.78 is 15.7. The summed E-state index contributed by atoms with van der Waals surface area (Å²) in [6.07, 6.45) is 4.96. The molecule has 0 bridgehead atoms. The van der Waals surface area contributed by atoms with Crippen LogP contribution in [-0.2, 0) is 11.8 Å². The third-order valence-corrected chi connectivity index (χ3v) is 7.00. The van der Waals surface area contributed by atoms with Gasteiger partial charge in [0.25, 0.3) is 5.91 Å². The molecule has 0 aliphatic carbocycles. The Labute approximate surface area is 182 Å². The number of nitrogens with zero attached hydrogens (tertiary/aromatic N) is 3. The maximum Gasteiger partial charge on any atom is 0.263 e. The van der Waals surface area contributed by atoms with E-state index >= 15 is 0 Å². The summed E-state index contributed by atoms with van der Waals surface area (Å²) in [6.45, 7) is 1.00. The van der Waals surface area contributed by atoms with E-state index in [1.165, 1.54) is 35.2 Å². The predicted molar refractivity (Wildman–Crippen MR) is 115 cm³/mol. The lowest BCUT2D eigenvalue weighted by Gasteiger charge is -2.32. The Kier molecular flexibility index (Phi) is 6.19. The fraction of sp³-hybridized carbons (Fsp3) is 0.286. The van der Waals surface area contributed by atoms with Gasteiger partial charge in [0.2, 0.25) is 5.91 Å². The van der Waals surface area contributed by atoms with Crippen LogP contribution >= 0.6 is 23.1 Å². The van der Waals surface area contributed by atoms with Gasteiger partial charge in [0.1, 0.15) is 5.82 Å². The molecular formula is C21H21FN4O2S2. The first-order valence-corrected chi connectivity index (χ1v) is 11.3. The number of hydrogen-bond acceptors (Lipinski definition) is 5. The average molecular weight is 445 g/mol. The monoisotopic (exact) mass is 444 g/mol. The molecule has 2 aromatic heterocycles. The van der Waals surface area contributed by atoms with E-state index in [2.05, 4.69) is 10.3 Å². The standard InChI is InChI=1S/C21H21FN4O2S2/c1-25-10-8-23-21(25)30-17-7-6-15(22)12-16(17)24-19(27)14-4-2-9-26(13-14)20(28)18-5-3-11-29-18/h3,5-8,10-12,14H,2,4,9,13H2,1H3,(H,24,27). The first kappa shape index (κ1) is 20.6. The van der Waals surface area contributed by atoms with Crippen LogP contribution in [0.25, 0.3) is 0 Å². The fourth-order valence-electron chi connectivity index (χ4n) is 3.40. The zero-order valence-electron chi connectivity index (χ0n) is 16.4. The van der Waals surface area contributed by atoms with Gasteiger partial charge < -0.3 is 14.8 Å². The van der Waals surface area contributed by atoms with Crippen molar-refractivity contribution >= 4 is 40.6 Å². The van der Waals surface area contributed by atoms with Crippen LogP contribution in [0, 0.1) is 11.7 Å². The number of aromatic nitrogens is 2. The molecule has 2 amide bonds. The second-order valence-corrected chi connectivity index (χ2v) is 9.08. The third-order valence-electron chi connectivity index (χ3n) is 4.99. The molecule has 1 aliphatic heterocycles. The summed E-state index contributed by atoms with van der Waals surface area (Å²) in [6, 6.07) is 7.96. The number of piperidine rings is 1. The Morgan fingerprint density at radius 1 is 1.33 bits per heavy atom. The van der Waals surface area contributed by atoms with Gasteiger partial charge in [-0.3, -0.25) is 9.59 Å². The molecule has 4 rings (SSSR count). The van der Waals surface area contributed by atoms with Crippen molar-refractivity contribution in [1.82, 2.24) is 14.5 Å².